The maximum Gasteiger partial charge on any atom is 0.164 e. The van der Waals surface area contributed by atoms with Crippen molar-refractivity contribution >= 4 is 0 Å². The second-order valence-corrected chi connectivity index (χ2v) is 2.38. The average Bonchev–Trinajstić information content (AvgIpc) is 2.67. The van der Waals surface area contributed by atoms with Crippen LogP contribution in [0.5, 0.6) is 0 Å². The van der Waals surface area contributed by atoms with E-state index in [-0.39, 0.29) is 0 Å². The third kappa shape index (κ3) is 1.52. The number of hydrogen-bond acceptors (Lipinski definition) is 5. The van der Waals surface area contributed by atoms with Gasteiger partial charge in [0.2, 0.25) is 0 Å². The molecular weight excluding hydrogens is 168 g/mol. The Morgan fingerprint density at radius 3 is 2.92 bits per heavy atom. The summed E-state index contributed by atoms with van der Waals surface area (Å²) in [6.07, 6.45) is 4.68. The molecule has 0 saturated heterocycles. The molecule has 0 amide bonds. The van der Waals surface area contributed by atoms with Gasteiger partial charge < -0.3 is 5.73 Å². The molecule has 66 valence electrons. The zero-order valence-corrected chi connectivity index (χ0v) is 6.83. The zero-order chi connectivity index (χ0) is 9.10. The van der Waals surface area contributed by atoms with E-state index in [9.17, 15) is 0 Å². The van der Waals surface area contributed by atoms with Crippen molar-refractivity contribution in [2.24, 2.45) is 5.73 Å². The Bertz CT molecular complexity index is 381. The van der Waals surface area contributed by atoms with Crippen molar-refractivity contribution in [3.63, 3.8) is 0 Å². The molecule has 6 heteroatoms. The van der Waals surface area contributed by atoms with Crippen LogP contribution in [0, 0.1) is 0 Å². The molecule has 0 saturated carbocycles. The molecule has 0 unspecified atom stereocenters. The van der Waals surface area contributed by atoms with E-state index in [4.69, 9.17) is 5.73 Å². The van der Waals surface area contributed by atoms with Crippen molar-refractivity contribution in [2.45, 2.75) is 6.54 Å². The van der Waals surface area contributed by atoms with E-state index in [1.807, 2.05) is 0 Å². The van der Waals surface area contributed by atoms with Crippen LogP contribution in [0.15, 0.2) is 24.9 Å². The number of aromatic nitrogens is 5. The largest absolute Gasteiger partial charge is 0.324 e. The number of nitrogens with zero attached hydrogens (tertiary/aromatic N) is 5. The normalized spacial score (nSPS) is 10.2. The molecule has 0 aliphatic heterocycles. The van der Waals surface area contributed by atoms with Gasteiger partial charge in [-0.1, -0.05) is 0 Å². The molecule has 0 aliphatic carbocycles. The fourth-order valence-electron chi connectivity index (χ4n) is 0.920. The van der Waals surface area contributed by atoms with Gasteiger partial charge in [-0.2, -0.15) is 0 Å². The molecule has 0 bridgehead atoms. The Morgan fingerprint density at radius 2 is 2.31 bits per heavy atom. The first kappa shape index (κ1) is 7.81. The Morgan fingerprint density at radius 1 is 1.38 bits per heavy atom. The summed E-state index contributed by atoms with van der Waals surface area (Å²) in [7, 11) is 0. The van der Waals surface area contributed by atoms with Crippen LogP contribution in [0.3, 0.4) is 0 Å². The highest BCUT2D eigenvalue weighted by molar-refractivity contribution is 5.15. The van der Waals surface area contributed by atoms with Gasteiger partial charge in [0, 0.05) is 12.3 Å². The van der Waals surface area contributed by atoms with Gasteiger partial charge in [-0.25, -0.2) is 19.6 Å². The first-order chi connectivity index (χ1) is 6.40. The quantitative estimate of drug-likeness (QED) is 0.668. The third-order valence-corrected chi connectivity index (χ3v) is 1.52. The molecule has 2 heterocycles. The highest BCUT2D eigenvalue weighted by atomic mass is 15.4. The molecule has 0 aromatic carbocycles. The summed E-state index contributed by atoms with van der Waals surface area (Å²) in [6.45, 7) is 0.331. The molecule has 0 fully saturated rings. The van der Waals surface area contributed by atoms with Crippen LogP contribution in [0.4, 0.5) is 0 Å². The van der Waals surface area contributed by atoms with Crippen LogP contribution in [-0.4, -0.2) is 24.7 Å². The lowest BCUT2D eigenvalue weighted by molar-refractivity contribution is 0.804. The van der Waals surface area contributed by atoms with Crippen LogP contribution in [-0.2, 0) is 6.54 Å². The van der Waals surface area contributed by atoms with Crippen LogP contribution >= 0.6 is 0 Å². The topological polar surface area (TPSA) is 82.5 Å². The lowest BCUT2D eigenvalue weighted by Gasteiger charge is -1.95. The Kier molecular flexibility index (Phi) is 1.97. The first-order valence-corrected chi connectivity index (χ1v) is 3.77. The highest BCUT2D eigenvalue weighted by Crippen LogP contribution is 1.98. The minimum Gasteiger partial charge on any atom is -0.324 e. The molecule has 0 spiro atoms. The molecule has 0 aliphatic rings. The lowest BCUT2D eigenvalue weighted by atomic mass is 10.6. The fraction of sp³-hybridized carbons (Fsp3) is 0.143. The minimum atomic E-state index is 0.331. The van der Waals surface area contributed by atoms with Crippen molar-refractivity contribution < 1.29 is 0 Å². The second kappa shape index (κ2) is 3.28. The van der Waals surface area contributed by atoms with Gasteiger partial charge in [0.25, 0.3) is 0 Å². The molecule has 13 heavy (non-hydrogen) atoms. The van der Waals surface area contributed by atoms with Gasteiger partial charge in [0.05, 0.1) is 6.54 Å². The standard InChI is InChI=1S/C7H8N6/c8-3-6-11-5-13(12-6)7-1-2-9-4-10-7/h1-2,4-5H,3,8H2. The van der Waals surface area contributed by atoms with E-state index in [2.05, 4.69) is 20.1 Å². The smallest absolute Gasteiger partial charge is 0.164 e. The van der Waals surface area contributed by atoms with Crippen molar-refractivity contribution in [3.8, 4) is 5.82 Å². The second-order valence-electron chi connectivity index (χ2n) is 2.38. The maximum atomic E-state index is 5.37. The summed E-state index contributed by atoms with van der Waals surface area (Å²) in [5, 5.41) is 4.09. The SMILES string of the molecule is NCc1ncn(-c2ccncn2)n1. The molecule has 2 rings (SSSR count). The van der Waals surface area contributed by atoms with Gasteiger partial charge in [0.1, 0.15) is 12.7 Å². The van der Waals surface area contributed by atoms with Crippen LogP contribution in [0.1, 0.15) is 5.82 Å². The monoisotopic (exact) mass is 176 g/mol. The van der Waals surface area contributed by atoms with E-state index in [1.54, 1.807) is 23.3 Å². The third-order valence-electron chi connectivity index (χ3n) is 1.52. The van der Waals surface area contributed by atoms with Gasteiger partial charge in [-0.3, -0.25) is 0 Å². The van der Waals surface area contributed by atoms with Gasteiger partial charge in [-0.05, 0) is 0 Å². The predicted molar refractivity (Wildman–Crippen MR) is 44.8 cm³/mol. The molecular formula is C7H8N6. The zero-order valence-electron chi connectivity index (χ0n) is 6.83. The highest BCUT2D eigenvalue weighted by Gasteiger charge is 2.00. The molecule has 6 nitrogen and oxygen atoms in total. The minimum absolute atomic E-state index is 0.331. The average molecular weight is 176 g/mol. The van der Waals surface area contributed by atoms with Gasteiger partial charge in [-0.15, -0.1) is 5.10 Å². The maximum absolute atomic E-state index is 5.37. The van der Waals surface area contributed by atoms with E-state index < -0.39 is 0 Å². The van der Waals surface area contributed by atoms with Gasteiger partial charge >= 0.3 is 0 Å². The van der Waals surface area contributed by atoms with E-state index in [1.165, 1.54) is 6.33 Å². The first-order valence-electron chi connectivity index (χ1n) is 3.77. The molecule has 2 aromatic rings. The lowest BCUT2D eigenvalue weighted by Crippen LogP contribution is -2.02. The van der Waals surface area contributed by atoms with Crippen LogP contribution < -0.4 is 5.73 Å². The molecule has 2 aromatic heterocycles. The van der Waals surface area contributed by atoms with E-state index in [0.717, 1.165) is 0 Å². The predicted octanol–water partition coefficient (Wildman–Crippen LogP) is -0.484. The molecule has 0 atom stereocenters. The fourth-order valence-corrected chi connectivity index (χ4v) is 0.920. The van der Waals surface area contributed by atoms with E-state index >= 15 is 0 Å². The summed E-state index contributed by atoms with van der Waals surface area (Å²) in [4.78, 5) is 11.8. The molecule has 2 N–H and O–H groups in total. The van der Waals surface area contributed by atoms with Gasteiger partial charge in [0.15, 0.2) is 11.6 Å². The summed E-state index contributed by atoms with van der Waals surface area (Å²) < 4.78 is 1.56. The van der Waals surface area contributed by atoms with Crippen molar-refractivity contribution in [1.82, 2.24) is 24.7 Å². The Labute approximate surface area is 74.5 Å². The van der Waals surface area contributed by atoms with Crippen molar-refractivity contribution in [2.75, 3.05) is 0 Å². The summed E-state index contributed by atoms with van der Waals surface area (Å²) >= 11 is 0. The number of hydrogen-bond donors (Lipinski definition) is 1. The Balaban J connectivity index is 2.36. The Hall–Kier alpha value is -1.82. The summed E-state index contributed by atoms with van der Waals surface area (Å²) in [5.74, 6) is 1.28. The van der Waals surface area contributed by atoms with E-state index in [0.29, 0.717) is 18.2 Å². The van der Waals surface area contributed by atoms with Crippen molar-refractivity contribution in [3.05, 3.63) is 30.7 Å². The number of rotatable bonds is 2. The van der Waals surface area contributed by atoms with Crippen LogP contribution in [0.2, 0.25) is 0 Å². The number of nitrogens with two attached hydrogens (primary N) is 1. The summed E-state index contributed by atoms with van der Waals surface area (Å²) in [6, 6.07) is 1.75. The summed E-state index contributed by atoms with van der Waals surface area (Å²) in [5.41, 5.74) is 5.37. The van der Waals surface area contributed by atoms with Crippen LogP contribution in [0.25, 0.3) is 5.82 Å². The molecule has 0 radical (unpaired) electrons. The van der Waals surface area contributed by atoms with Crippen molar-refractivity contribution in [1.29, 1.82) is 0 Å².